The van der Waals surface area contributed by atoms with Crippen LogP contribution in [0.25, 0.3) is 0 Å². The molecule has 5 nitrogen and oxygen atoms in total. The molecule has 0 bridgehead atoms. The van der Waals surface area contributed by atoms with Crippen LogP contribution in [0, 0.1) is 0 Å². The predicted octanol–water partition coefficient (Wildman–Crippen LogP) is 0.327. The van der Waals surface area contributed by atoms with E-state index >= 15 is 0 Å². The molecule has 1 fully saturated rings. The number of nitrogens with zero attached hydrogens (tertiary/aromatic N) is 1. The molecule has 0 spiro atoms. The fourth-order valence-corrected chi connectivity index (χ4v) is 3.43. The average Bonchev–Trinajstić information content (AvgIpc) is 2.18. The van der Waals surface area contributed by atoms with Crippen molar-refractivity contribution in [2.45, 2.75) is 19.4 Å². The van der Waals surface area contributed by atoms with E-state index in [9.17, 15) is 8.42 Å². The highest BCUT2D eigenvalue weighted by atomic mass is 79.9. The highest BCUT2D eigenvalue weighted by molar-refractivity contribution is 9.09. The molecule has 0 aromatic heterocycles. The maximum atomic E-state index is 11.8. The van der Waals surface area contributed by atoms with Crippen molar-refractivity contribution in [2.24, 2.45) is 0 Å². The topological polar surface area (TPSA) is 58.6 Å². The molecular formula is C8H17BrN2O3S. The van der Waals surface area contributed by atoms with Crippen molar-refractivity contribution in [1.82, 2.24) is 9.03 Å². The maximum Gasteiger partial charge on any atom is 0.279 e. The van der Waals surface area contributed by atoms with Gasteiger partial charge in [-0.05, 0) is 13.3 Å². The van der Waals surface area contributed by atoms with Gasteiger partial charge in [0.25, 0.3) is 10.2 Å². The fourth-order valence-electron chi connectivity index (χ4n) is 1.34. The van der Waals surface area contributed by atoms with Crippen molar-refractivity contribution in [3.63, 3.8) is 0 Å². The Bertz CT molecular complexity index is 278. The first-order chi connectivity index (χ1) is 7.06. The third kappa shape index (κ3) is 4.36. The maximum absolute atomic E-state index is 11.8. The number of alkyl halides is 1. The van der Waals surface area contributed by atoms with Gasteiger partial charge in [0.1, 0.15) is 0 Å². The Kier molecular flexibility index (Phi) is 5.48. The summed E-state index contributed by atoms with van der Waals surface area (Å²) in [5.41, 5.74) is 0. The van der Waals surface area contributed by atoms with Crippen LogP contribution in [-0.4, -0.2) is 50.4 Å². The molecule has 1 unspecified atom stereocenters. The molecule has 0 saturated carbocycles. The summed E-state index contributed by atoms with van der Waals surface area (Å²) in [7, 11) is -3.32. The van der Waals surface area contributed by atoms with E-state index in [1.165, 1.54) is 4.31 Å². The van der Waals surface area contributed by atoms with E-state index in [4.69, 9.17) is 4.74 Å². The number of morpholine rings is 1. The van der Waals surface area contributed by atoms with Gasteiger partial charge in [0.2, 0.25) is 0 Å². The van der Waals surface area contributed by atoms with Gasteiger partial charge in [-0.15, -0.1) is 0 Å². The molecule has 1 N–H and O–H groups in total. The van der Waals surface area contributed by atoms with Crippen molar-refractivity contribution in [3.8, 4) is 0 Å². The minimum Gasteiger partial charge on any atom is -0.379 e. The lowest BCUT2D eigenvalue weighted by molar-refractivity contribution is 0.0723. The normalized spacial score (nSPS) is 21.5. The minimum absolute atomic E-state index is 0.0442. The van der Waals surface area contributed by atoms with E-state index in [0.717, 1.165) is 11.8 Å². The summed E-state index contributed by atoms with van der Waals surface area (Å²) in [5.74, 6) is 0. The summed E-state index contributed by atoms with van der Waals surface area (Å²) >= 11 is 3.29. The molecule has 1 atom stereocenters. The molecule has 7 heteroatoms. The fraction of sp³-hybridized carbons (Fsp3) is 1.00. The van der Waals surface area contributed by atoms with Gasteiger partial charge >= 0.3 is 0 Å². The van der Waals surface area contributed by atoms with Gasteiger partial charge in [-0.25, -0.2) is 0 Å². The lowest BCUT2D eigenvalue weighted by Crippen LogP contribution is -2.49. The predicted molar refractivity (Wildman–Crippen MR) is 62.3 cm³/mol. The Morgan fingerprint density at radius 3 is 2.60 bits per heavy atom. The number of ether oxygens (including phenoxy) is 1. The van der Waals surface area contributed by atoms with E-state index < -0.39 is 10.2 Å². The monoisotopic (exact) mass is 300 g/mol. The zero-order valence-corrected chi connectivity index (χ0v) is 11.2. The highest BCUT2D eigenvalue weighted by Gasteiger charge is 2.25. The summed E-state index contributed by atoms with van der Waals surface area (Å²) in [4.78, 5) is 0. The number of nitrogens with one attached hydrogen (secondary N) is 1. The van der Waals surface area contributed by atoms with Gasteiger partial charge in [0.15, 0.2) is 0 Å². The molecule has 0 aromatic rings. The lowest BCUT2D eigenvalue weighted by Gasteiger charge is -2.27. The second-order valence-corrected chi connectivity index (χ2v) is 6.01. The number of hydrogen-bond acceptors (Lipinski definition) is 3. The van der Waals surface area contributed by atoms with Gasteiger partial charge in [0.05, 0.1) is 13.2 Å². The Morgan fingerprint density at radius 2 is 2.07 bits per heavy atom. The van der Waals surface area contributed by atoms with Crippen LogP contribution >= 0.6 is 15.9 Å². The van der Waals surface area contributed by atoms with Gasteiger partial charge in [0, 0.05) is 24.5 Å². The van der Waals surface area contributed by atoms with Crippen molar-refractivity contribution in [2.75, 3.05) is 31.6 Å². The minimum atomic E-state index is -3.32. The second-order valence-electron chi connectivity index (χ2n) is 3.51. The van der Waals surface area contributed by atoms with Crippen LogP contribution in [-0.2, 0) is 14.9 Å². The number of rotatable bonds is 5. The highest BCUT2D eigenvalue weighted by Crippen LogP contribution is 2.05. The first kappa shape index (κ1) is 13.4. The molecule has 0 amide bonds. The summed E-state index contributed by atoms with van der Waals surface area (Å²) < 4.78 is 32.8. The number of hydrogen-bond donors (Lipinski definition) is 1. The van der Waals surface area contributed by atoms with Crippen LogP contribution in [0.3, 0.4) is 0 Å². The molecule has 1 rings (SSSR count). The van der Waals surface area contributed by atoms with Gasteiger partial charge in [-0.2, -0.15) is 17.4 Å². The smallest absolute Gasteiger partial charge is 0.279 e. The van der Waals surface area contributed by atoms with Gasteiger partial charge in [-0.1, -0.05) is 15.9 Å². The molecule has 15 heavy (non-hydrogen) atoms. The average molecular weight is 301 g/mol. The van der Waals surface area contributed by atoms with Crippen LogP contribution in [0.4, 0.5) is 0 Å². The summed E-state index contributed by atoms with van der Waals surface area (Å²) in [6.07, 6.45) is 0.781. The Labute approximate surface area is 99.5 Å². The molecule has 1 heterocycles. The SMILES string of the molecule is CC(CCBr)NS(=O)(=O)N1CCOCC1. The lowest BCUT2D eigenvalue weighted by atomic mass is 10.3. The molecule has 1 aliphatic heterocycles. The quantitative estimate of drug-likeness (QED) is 0.744. The molecule has 1 aliphatic rings. The van der Waals surface area contributed by atoms with Crippen molar-refractivity contribution in [3.05, 3.63) is 0 Å². The summed E-state index contributed by atoms with van der Waals surface area (Å²) in [5, 5.41) is 0.791. The van der Waals surface area contributed by atoms with Gasteiger partial charge in [-0.3, -0.25) is 0 Å². The van der Waals surface area contributed by atoms with E-state index in [1.54, 1.807) is 0 Å². The largest absolute Gasteiger partial charge is 0.379 e. The zero-order valence-electron chi connectivity index (χ0n) is 8.78. The van der Waals surface area contributed by atoms with Crippen LogP contribution < -0.4 is 4.72 Å². The van der Waals surface area contributed by atoms with E-state index in [-0.39, 0.29) is 6.04 Å². The van der Waals surface area contributed by atoms with Crippen molar-refractivity contribution < 1.29 is 13.2 Å². The number of halogens is 1. The Morgan fingerprint density at radius 1 is 1.47 bits per heavy atom. The molecular weight excluding hydrogens is 284 g/mol. The van der Waals surface area contributed by atoms with E-state index in [2.05, 4.69) is 20.7 Å². The van der Waals surface area contributed by atoms with E-state index in [1.807, 2.05) is 6.92 Å². The standard InChI is InChI=1S/C8H17BrN2O3S/c1-8(2-3-9)10-15(12,13)11-4-6-14-7-5-11/h8,10H,2-7H2,1H3. The Balaban J connectivity index is 2.49. The van der Waals surface area contributed by atoms with Crippen molar-refractivity contribution in [1.29, 1.82) is 0 Å². The molecule has 0 aromatic carbocycles. The van der Waals surface area contributed by atoms with Crippen LogP contribution in [0.15, 0.2) is 0 Å². The second kappa shape index (κ2) is 6.15. The van der Waals surface area contributed by atoms with Gasteiger partial charge < -0.3 is 4.74 Å². The molecule has 90 valence electrons. The molecule has 0 radical (unpaired) electrons. The third-order valence-electron chi connectivity index (χ3n) is 2.20. The van der Waals surface area contributed by atoms with Crippen LogP contribution in [0.5, 0.6) is 0 Å². The first-order valence-electron chi connectivity index (χ1n) is 4.97. The summed E-state index contributed by atoms with van der Waals surface area (Å²) in [6, 6.07) is -0.0442. The van der Waals surface area contributed by atoms with Crippen LogP contribution in [0.1, 0.15) is 13.3 Å². The third-order valence-corrected chi connectivity index (χ3v) is 4.41. The summed E-state index contributed by atoms with van der Waals surface area (Å²) in [6.45, 7) is 3.70. The molecule has 1 saturated heterocycles. The van der Waals surface area contributed by atoms with E-state index in [0.29, 0.717) is 26.3 Å². The zero-order chi connectivity index (χ0) is 11.3. The first-order valence-corrected chi connectivity index (χ1v) is 7.53. The van der Waals surface area contributed by atoms with Crippen LogP contribution in [0.2, 0.25) is 0 Å². The van der Waals surface area contributed by atoms with Crippen molar-refractivity contribution >= 4 is 26.1 Å². The Hall–Kier alpha value is 0.310. The molecule has 0 aliphatic carbocycles.